The molecule has 0 bridgehead atoms. The lowest BCUT2D eigenvalue weighted by Gasteiger charge is -2.12. The molecule has 0 heterocycles. The van der Waals surface area contributed by atoms with Gasteiger partial charge in [-0.1, -0.05) is 60.1 Å². The van der Waals surface area contributed by atoms with Crippen LogP contribution in [-0.2, 0) is 4.79 Å². The quantitative estimate of drug-likeness (QED) is 0.837. The molecule has 102 valence electrons. The van der Waals surface area contributed by atoms with Crippen molar-refractivity contribution in [1.82, 2.24) is 5.32 Å². The van der Waals surface area contributed by atoms with Crippen LogP contribution in [0.25, 0.3) is 6.08 Å². The van der Waals surface area contributed by atoms with Crippen molar-refractivity contribution in [3.63, 3.8) is 0 Å². The zero-order chi connectivity index (χ0) is 14.4. The smallest absolute Gasteiger partial charge is 0.244 e. The molecule has 0 aromatic heterocycles. The first kappa shape index (κ1) is 14.4. The molecule has 2 aromatic rings. The SMILES string of the molecule is C[C@@H](NC(=O)/C=C/c1ccccc1Cl)c1ccccc1. The Morgan fingerprint density at radius 2 is 1.75 bits per heavy atom. The number of nitrogens with one attached hydrogen (secondary N) is 1. The largest absolute Gasteiger partial charge is 0.346 e. The fraction of sp³-hybridized carbons (Fsp3) is 0.118. The molecule has 0 saturated heterocycles. The van der Waals surface area contributed by atoms with Crippen LogP contribution in [0.15, 0.2) is 60.7 Å². The van der Waals surface area contributed by atoms with Gasteiger partial charge >= 0.3 is 0 Å². The van der Waals surface area contributed by atoms with Crippen LogP contribution in [-0.4, -0.2) is 5.91 Å². The van der Waals surface area contributed by atoms with Crippen molar-refractivity contribution in [2.24, 2.45) is 0 Å². The van der Waals surface area contributed by atoms with E-state index in [9.17, 15) is 4.79 Å². The van der Waals surface area contributed by atoms with Gasteiger partial charge in [-0.3, -0.25) is 4.79 Å². The molecule has 1 N–H and O–H groups in total. The maximum atomic E-state index is 11.9. The van der Waals surface area contributed by atoms with Gasteiger partial charge in [-0.25, -0.2) is 0 Å². The average Bonchev–Trinajstić information content (AvgIpc) is 2.47. The van der Waals surface area contributed by atoms with Crippen molar-refractivity contribution in [1.29, 1.82) is 0 Å². The second-order valence-electron chi connectivity index (χ2n) is 4.50. The van der Waals surface area contributed by atoms with Crippen molar-refractivity contribution in [2.75, 3.05) is 0 Å². The molecule has 2 rings (SSSR count). The number of amides is 1. The first-order chi connectivity index (χ1) is 9.66. The molecule has 1 atom stereocenters. The van der Waals surface area contributed by atoms with Gasteiger partial charge in [-0.15, -0.1) is 0 Å². The van der Waals surface area contributed by atoms with E-state index < -0.39 is 0 Å². The third kappa shape index (κ3) is 3.97. The molecule has 0 aliphatic carbocycles. The van der Waals surface area contributed by atoms with Crippen LogP contribution in [0.2, 0.25) is 5.02 Å². The number of carbonyl (C=O) groups is 1. The summed E-state index contributed by atoms with van der Waals surface area (Å²) in [4.78, 5) is 11.9. The van der Waals surface area contributed by atoms with Crippen molar-refractivity contribution in [2.45, 2.75) is 13.0 Å². The van der Waals surface area contributed by atoms with Crippen LogP contribution in [0.1, 0.15) is 24.1 Å². The Morgan fingerprint density at radius 3 is 2.45 bits per heavy atom. The zero-order valence-electron chi connectivity index (χ0n) is 11.2. The fourth-order valence-corrected chi connectivity index (χ4v) is 2.06. The number of rotatable bonds is 4. The first-order valence-corrected chi connectivity index (χ1v) is 6.82. The lowest BCUT2D eigenvalue weighted by molar-refractivity contribution is -0.117. The number of halogens is 1. The van der Waals surface area contributed by atoms with E-state index in [1.165, 1.54) is 6.08 Å². The Kier molecular flexibility index (Phi) is 4.97. The lowest BCUT2D eigenvalue weighted by atomic mass is 10.1. The number of hydrogen-bond acceptors (Lipinski definition) is 1. The van der Waals surface area contributed by atoms with Crippen molar-refractivity contribution in [3.05, 3.63) is 76.8 Å². The van der Waals surface area contributed by atoms with E-state index in [2.05, 4.69) is 5.32 Å². The van der Waals surface area contributed by atoms with Gasteiger partial charge in [0.05, 0.1) is 6.04 Å². The van der Waals surface area contributed by atoms with Gasteiger partial charge < -0.3 is 5.32 Å². The Morgan fingerprint density at radius 1 is 1.10 bits per heavy atom. The third-order valence-electron chi connectivity index (χ3n) is 2.98. The molecular formula is C17H16ClNO. The summed E-state index contributed by atoms with van der Waals surface area (Å²) in [5.74, 6) is -0.138. The molecule has 20 heavy (non-hydrogen) atoms. The highest BCUT2D eigenvalue weighted by Crippen LogP contribution is 2.16. The van der Waals surface area contributed by atoms with Crippen LogP contribution >= 0.6 is 11.6 Å². The molecule has 0 radical (unpaired) electrons. The van der Waals surface area contributed by atoms with Gasteiger partial charge in [0.25, 0.3) is 0 Å². The maximum absolute atomic E-state index is 11.9. The molecule has 0 unspecified atom stereocenters. The predicted octanol–water partition coefficient (Wildman–Crippen LogP) is 4.23. The predicted molar refractivity (Wildman–Crippen MR) is 83.5 cm³/mol. The molecule has 1 amide bonds. The van der Waals surface area contributed by atoms with Crippen LogP contribution in [0, 0.1) is 0 Å². The highest BCUT2D eigenvalue weighted by atomic mass is 35.5. The number of hydrogen-bond donors (Lipinski definition) is 1. The van der Waals surface area contributed by atoms with E-state index in [1.54, 1.807) is 12.1 Å². The average molecular weight is 286 g/mol. The first-order valence-electron chi connectivity index (χ1n) is 6.45. The van der Waals surface area contributed by atoms with Crippen molar-refractivity contribution >= 4 is 23.6 Å². The molecule has 0 aliphatic heterocycles. The van der Waals surface area contributed by atoms with Crippen LogP contribution in [0.3, 0.4) is 0 Å². The molecule has 0 spiro atoms. The normalized spacial score (nSPS) is 12.3. The minimum absolute atomic E-state index is 0.0282. The Hall–Kier alpha value is -2.06. The molecule has 0 fully saturated rings. The summed E-state index contributed by atoms with van der Waals surface area (Å²) in [6, 6.07) is 17.2. The maximum Gasteiger partial charge on any atom is 0.244 e. The fourth-order valence-electron chi connectivity index (χ4n) is 1.86. The summed E-state index contributed by atoms with van der Waals surface area (Å²) in [6.45, 7) is 1.95. The van der Waals surface area contributed by atoms with Crippen molar-refractivity contribution < 1.29 is 4.79 Å². The summed E-state index contributed by atoms with van der Waals surface area (Å²) in [5.41, 5.74) is 1.91. The van der Waals surface area contributed by atoms with E-state index in [4.69, 9.17) is 11.6 Å². The van der Waals surface area contributed by atoms with Crippen molar-refractivity contribution in [3.8, 4) is 0 Å². The summed E-state index contributed by atoms with van der Waals surface area (Å²) in [7, 11) is 0. The van der Waals surface area contributed by atoms with E-state index in [-0.39, 0.29) is 11.9 Å². The standard InChI is InChI=1S/C17H16ClNO/c1-13(14-7-3-2-4-8-14)19-17(20)12-11-15-9-5-6-10-16(15)18/h2-13H,1H3,(H,19,20)/b12-11+/t13-/m1/s1. The van der Waals surface area contributed by atoms with E-state index in [0.29, 0.717) is 5.02 Å². The van der Waals surface area contributed by atoms with Gasteiger partial charge in [0.15, 0.2) is 0 Å². The monoisotopic (exact) mass is 285 g/mol. The highest BCUT2D eigenvalue weighted by molar-refractivity contribution is 6.32. The lowest BCUT2D eigenvalue weighted by Crippen LogP contribution is -2.24. The summed E-state index contributed by atoms with van der Waals surface area (Å²) >= 11 is 6.03. The van der Waals surface area contributed by atoms with Gasteiger partial charge in [0.1, 0.15) is 0 Å². The Balaban J connectivity index is 1.98. The second kappa shape index (κ2) is 6.92. The summed E-state index contributed by atoms with van der Waals surface area (Å²) in [6.07, 6.45) is 3.22. The summed E-state index contributed by atoms with van der Waals surface area (Å²) < 4.78 is 0. The topological polar surface area (TPSA) is 29.1 Å². The molecule has 2 aromatic carbocycles. The van der Waals surface area contributed by atoms with Gasteiger partial charge in [0, 0.05) is 11.1 Å². The highest BCUT2D eigenvalue weighted by Gasteiger charge is 2.06. The van der Waals surface area contributed by atoms with Crippen LogP contribution < -0.4 is 5.32 Å². The number of benzene rings is 2. The van der Waals surface area contributed by atoms with Crippen LogP contribution in [0.5, 0.6) is 0 Å². The minimum Gasteiger partial charge on any atom is -0.346 e. The molecule has 0 saturated carbocycles. The zero-order valence-corrected chi connectivity index (χ0v) is 12.0. The Bertz CT molecular complexity index is 607. The van der Waals surface area contributed by atoms with Crippen LogP contribution in [0.4, 0.5) is 0 Å². The molecule has 0 aliphatic rings. The minimum atomic E-state index is -0.138. The van der Waals surface area contributed by atoms with Gasteiger partial charge in [-0.05, 0) is 30.2 Å². The third-order valence-corrected chi connectivity index (χ3v) is 3.32. The number of carbonyl (C=O) groups excluding carboxylic acids is 1. The second-order valence-corrected chi connectivity index (χ2v) is 4.90. The van der Waals surface area contributed by atoms with E-state index in [1.807, 2.05) is 55.5 Å². The molecule has 2 nitrogen and oxygen atoms in total. The van der Waals surface area contributed by atoms with E-state index >= 15 is 0 Å². The van der Waals surface area contributed by atoms with Gasteiger partial charge in [-0.2, -0.15) is 0 Å². The summed E-state index contributed by atoms with van der Waals surface area (Å²) in [5, 5.41) is 3.55. The molecule has 3 heteroatoms. The molecular weight excluding hydrogens is 270 g/mol. The Labute approximate surface area is 124 Å². The van der Waals surface area contributed by atoms with E-state index in [0.717, 1.165) is 11.1 Å². The van der Waals surface area contributed by atoms with Gasteiger partial charge in [0.2, 0.25) is 5.91 Å².